The summed E-state index contributed by atoms with van der Waals surface area (Å²) < 4.78 is 13.6. The van der Waals surface area contributed by atoms with Gasteiger partial charge in [-0.05, 0) is 31.0 Å². The lowest BCUT2D eigenvalue weighted by Crippen LogP contribution is -2.44. The van der Waals surface area contributed by atoms with E-state index in [0.717, 1.165) is 10.5 Å². The minimum Gasteiger partial charge on any atom is -0.480 e. The Morgan fingerprint density at radius 3 is 2.58 bits per heavy atom. The number of benzene rings is 1. The molecule has 0 fully saturated rings. The van der Waals surface area contributed by atoms with Crippen molar-refractivity contribution in [3.63, 3.8) is 0 Å². The van der Waals surface area contributed by atoms with Crippen molar-refractivity contribution in [3.8, 4) is 0 Å². The number of nitrogens with one attached hydrogen (secondary N) is 1. The zero-order valence-electron chi connectivity index (χ0n) is 11.1. The van der Waals surface area contributed by atoms with Gasteiger partial charge in [-0.25, -0.2) is 14.0 Å². The Morgan fingerprint density at radius 1 is 1.47 bits per heavy atom. The molecule has 104 valence electrons. The molecule has 0 aromatic heterocycles. The molecule has 0 saturated heterocycles. The van der Waals surface area contributed by atoms with Gasteiger partial charge < -0.3 is 15.3 Å². The SMILES string of the molecule is CCC(C(=O)O)N(C)C(=O)Nc1ccc(C)cc1F. The number of aliphatic carboxylic acids is 1. The lowest BCUT2D eigenvalue weighted by Gasteiger charge is -2.24. The van der Waals surface area contributed by atoms with E-state index in [9.17, 15) is 14.0 Å². The molecule has 2 N–H and O–H groups in total. The Hall–Kier alpha value is -2.11. The molecule has 1 rings (SSSR count). The number of halogens is 1. The first-order chi connectivity index (χ1) is 8.86. The summed E-state index contributed by atoms with van der Waals surface area (Å²) in [7, 11) is 1.36. The van der Waals surface area contributed by atoms with E-state index in [1.54, 1.807) is 19.9 Å². The average Bonchev–Trinajstić information content (AvgIpc) is 2.32. The minimum absolute atomic E-state index is 0.0303. The van der Waals surface area contributed by atoms with E-state index in [2.05, 4.69) is 5.32 Å². The highest BCUT2D eigenvalue weighted by atomic mass is 19.1. The van der Waals surface area contributed by atoms with Crippen molar-refractivity contribution >= 4 is 17.7 Å². The number of carboxylic acid groups (broad SMARTS) is 1. The Labute approximate surface area is 111 Å². The third-order valence-corrected chi connectivity index (χ3v) is 2.83. The van der Waals surface area contributed by atoms with Crippen molar-refractivity contribution in [3.05, 3.63) is 29.6 Å². The Morgan fingerprint density at radius 2 is 2.11 bits per heavy atom. The molecule has 0 spiro atoms. The number of hydrogen-bond donors (Lipinski definition) is 2. The highest BCUT2D eigenvalue weighted by molar-refractivity contribution is 5.92. The lowest BCUT2D eigenvalue weighted by molar-refractivity contribution is -0.141. The molecule has 0 saturated carbocycles. The average molecular weight is 268 g/mol. The van der Waals surface area contributed by atoms with Gasteiger partial charge in [0.25, 0.3) is 0 Å². The van der Waals surface area contributed by atoms with Gasteiger partial charge in [-0.2, -0.15) is 0 Å². The number of urea groups is 1. The molecule has 1 atom stereocenters. The van der Waals surface area contributed by atoms with Gasteiger partial charge in [0.1, 0.15) is 11.9 Å². The fraction of sp³-hybridized carbons (Fsp3) is 0.385. The molecular weight excluding hydrogens is 251 g/mol. The van der Waals surface area contributed by atoms with Crippen molar-refractivity contribution < 1.29 is 19.1 Å². The van der Waals surface area contributed by atoms with Crippen molar-refractivity contribution in [2.24, 2.45) is 0 Å². The van der Waals surface area contributed by atoms with Crippen LogP contribution in [0, 0.1) is 12.7 Å². The van der Waals surface area contributed by atoms with Crippen LogP contribution in [0.3, 0.4) is 0 Å². The van der Waals surface area contributed by atoms with E-state index in [-0.39, 0.29) is 12.1 Å². The number of nitrogens with zero attached hydrogens (tertiary/aromatic N) is 1. The maximum Gasteiger partial charge on any atom is 0.326 e. The maximum absolute atomic E-state index is 13.6. The van der Waals surface area contributed by atoms with Crippen molar-refractivity contribution in [2.45, 2.75) is 26.3 Å². The van der Waals surface area contributed by atoms with Crippen LogP contribution in [0.5, 0.6) is 0 Å². The number of carbonyl (C=O) groups excluding carboxylic acids is 1. The van der Waals surface area contributed by atoms with E-state index in [1.807, 2.05) is 0 Å². The van der Waals surface area contributed by atoms with Crippen LogP contribution in [0.1, 0.15) is 18.9 Å². The minimum atomic E-state index is -1.09. The quantitative estimate of drug-likeness (QED) is 0.881. The standard InChI is InChI=1S/C13H17FN2O3/c1-4-11(12(17)18)16(3)13(19)15-10-6-5-8(2)7-9(10)14/h5-7,11H,4H2,1-3H3,(H,15,19)(H,17,18). The smallest absolute Gasteiger partial charge is 0.326 e. The summed E-state index contributed by atoms with van der Waals surface area (Å²) in [4.78, 5) is 23.8. The van der Waals surface area contributed by atoms with Gasteiger partial charge in [0.05, 0.1) is 5.69 Å². The topological polar surface area (TPSA) is 69.6 Å². The van der Waals surface area contributed by atoms with Gasteiger partial charge in [-0.1, -0.05) is 13.0 Å². The zero-order chi connectivity index (χ0) is 14.6. The highest BCUT2D eigenvalue weighted by Gasteiger charge is 2.25. The Balaban J connectivity index is 2.81. The summed E-state index contributed by atoms with van der Waals surface area (Å²) in [5.41, 5.74) is 0.767. The molecule has 6 heteroatoms. The van der Waals surface area contributed by atoms with Crippen LogP contribution >= 0.6 is 0 Å². The van der Waals surface area contributed by atoms with Crippen LogP contribution in [0.4, 0.5) is 14.9 Å². The maximum atomic E-state index is 13.6. The molecular formula is C13H17FN2O3. The van der Waals surface area contributed by atoms with Gasteiger partial charge >= 0.3 is 12.0 Å². The molecule has 0 aliphatic carbocycles. The fourth-order valence-corrected chi connectivity index (χ4v) is 1.68. The van der Waals surface area contributed by atoms with E-state index in [1.165, 1.54) is 19.2 Å². The van der Waals surface area contributed by atoms with Crippen LogP contribution in [0.2, 0.25) is 0 Å². The molecule has 0 radical (unpaired) electrons. The predicted molar refractivity (Wildman–Crippen MR) is 69.6 cm³/mol. The zero-order valence-corrected chi connectivity index (χ0v) is 11.1. The fourth-order valence-electron chi connectivity index (χ4n) is 1.68. The molecule has 1 unspecified atom stereocenters. The largest absolute Gasteiger partial charge is 0.480 e. The van der Waals surface area contributed by atoms with Gasteiger partial charge in [0.2, 0.25) is 0 Å². The van der Waals surface area contributed by atoms with Gasteiger partial charge in [-0.3, -0.25) is 0 Å². The van der Waals surface area contributed by atoms with Gasteiger partial charge in [-0.15, -0.1) is 0 Å². The first-order valence-electron chi connectivity index (χ1n) is 5.89. The number of rotatable bonds is 4. The summed E-state index contributed by atoms with van der Waals surface area (Å²) >= 11 is 0. The Bertz CT molecular complexity index is 491. The molecule has 2 amide bonds. The predicted octanol–water partition coefficient (Wildman–Crippen LogP) is 2.46. The lowest BCUT2D eigenvalue weighted by atomic mass is 10.2. The van der Waals surface area contributed by atoms with Gasteiger partial charge in [0, 0.05) is 7.05 Å². The number of likely N-dealkylation sites (N-methyl/N-ethyl adjacent to an activating group) is 1. The molecule has 5 nitrogen and oxygen atoms in total. The molecule has 19 heavy (non-hydrogen) atoms. The van der Waals surface area contributed by atoms with E-state index in [0.29, 0.717) is 0 Å². The summed E-state index contributed by atoms with van der Waals surface area (Å²) in [6.07, 6.45) is 0.273. The molecule has 0 aliphatic heterocycles. The van der Waals surface area contributed by atoms with Crippen LogP contribution in [0.25, 0.3) is 0 Å². The normalized spacial score (nSPS) is 11.8. The van der Waals surface area contributed by atoms with E-state index >= 15 is 0 Å². The van der Waals surface area contributed by atoms with Crippen molar-refractivity contribution in [2.75, 3.05) is 12.4 Å². The molecule has 1 aromatic carbocycles. The van der Waals surface area contributed by atoms with E-state index < -0.39 is 23.9 Å². The number of amides is 2. The Kier molecular flexibility index (Phi) is 4.86. The monoisotopic (exact) mass is 268 g/mol. The van der Waals surface area contributed by atoms with Crippen LogP contribution < -0.4 is 5.32 Å². The molecule has 0 aliphatic rings. The first-order valence-corrected chi connectivity index (χ1v) is 5.89. The summed E-state index contributed by atoms with van der Waals surface area (Å²) in [5, 5.41) is 11.3. The van der Waals surface area contributed by atoms with Crippen molar-refractivity contribution in [1.29, 1.82) is 0 Å². The second kappa shape index (κ2) is 6.17. The van der Waals surface area contributed by atoms with Crippen molar-refractivity contribution in [1.82, 2.24) is 4.90 Å². The van der Waals surface area contributed by atoms with E-state index in [4.69, 9.17) is 5.11 Å². The summed E-state index contributed by atoms with van der Waals surface area (Å²) in [6, 6.07) is 2.81. The first kappa shape index (κ1) is 14.9. The highest BCUT2D eigenvalue weighted by Crippen LogP contribution is 2.16. The molecule has 0 heterocycles. The number of hydrogen-bond acceptors (Lipinski definition) is 2. The summed E-state index contributed by atoms with van der Waals surface area (Å²) in [5.74, 6) is -1.64. The second-order valence-electron chi connectivity index (χ2n) is 4.29. The number of anilines is 1. The van der Waals surface area contributed by atoms with Crippen LogP contribution in [0.15, 0.2) is 18.2 Å². The summed E-state index contributed by atoms with van der Waals surface area (Å²) in [6.45, 7) is 3.40. The second-order valence-corrected chi connectivity index (χ2v) is 4.29. The number of aryl methyl sites for hydroxylation is 1. The number of carboxylic acids is 1. The van der Waals surface area contributed by atoms with Crippen LogP contribution in [-0.2, 0) is 4.79 Å². The molecule has 0 bridgehead atoms. The third-order valence-electron chi connectivity index (χ3n) is 2.83. The molecule has 1 aromatic rings. The number of carbonyl (C=O) groups is 2. The third kappa shape index (κ3) is 3.67. The van der Waals surface area contributed by atoms with Gasteiger partial charge in [0.15, 0.2) is 0 Å². The van der Waals surface area contributed by atoms with Crippen LogP contribution in [-0.4, -0.2) is 35.1 Å².